The molecule has 0 radical (unpaired) electrons. The van der Waals surface area contributed by atoms with Gasteiger partial charge < -0.3 is 63.8 Å². The molecule has 2 aliphatic rings. The minimum atomic E-state index is -1.78. The summed E-state index contributed by atoms with van der Waals surface area (Å²) in [6.45, 7) is -0.516. The van der Waals surface area contributed by atoms with Crippen LogP contribution in [0.25, 0.3) is 12.2 Å². The van der Waals surface area contributed by atoms with E-state index in [0.29, 0.717) is 16.9 Å². The third-order valence-electron chi connectivity index (χ3n) is 7.54. The number of rotatable bonds is 10. The quantitative estimate of drug-likeness (QED) is 0.137. The standard InChI is InChI=1S/C33H34O14/c1-41-19-12-21(35)20-14-25(32(45-22(20)13-19)17-10-23(42-2)28(37)24(11-17)43-3)46-33-31(40)30(39)29(38)26(47-33)15-44-27(36)9-6-16-4-7-18(34)8-5-16/h4-14,26,29-35,37-40H,15H2,1-3H3. The second kappa shape index (κ2) is 14.1. The summed E-state index contributed by atoms with van der Waals surface area (Å²) in [4.78, 5) is 12.4. The fourth-order valence-corrected chi connectivity index (χ4v) is 4.99. The van der Waals surface area contributed by atoms with Crippen molar-refractivity contribution in [1.82, 2.24) is 0 Å². The molecule has 14 nitrogen and oxygen atoms in total. The van der Waals surface area contributed by atoms with Crippen LogP contribution in [0.15, 0.2) is 60.4 Å². The molecule has 0 bridgehead atoms. The van der Waals surface area contributed by atoms with Gasteiger partial charge in [-0.3, -0.25) is 0 Å². The molecule has 5 rings (SSSR count). The number of aliphatic hydroxyl groups is 3. The van der Waals surface area contributed by atoms with Crippen molar-refractivity contribution in [3.05, 3.63) is 77.1 Å². The van der Waals surface area contributed by atoms with Gasteiger partial charge in [-0.1, -0.05) is 12.1 Å². The fourth-order valence-electron chi connectivity index (χ4n) is 4.99. The van der Waals surface area contributed by atoms with E-state index in [1.807, 2.05) is 0 Å². The van der Waals surface area contributed by atoms with Gasteiger partial charge in [-0.2, -0.15) is 0 Å². The van der Waals surface area contributed by atoms with Crippen LogP contribution < -0.4 is 18.9 Å². The Morgan fingerprint density at radius 2 is 1.55 bits per heavy atom. The topological polar surface area (TPSA) is 203 Å². The van der Waals surface area contributed by atoms with E-state index in [0.717, 1.165) is 6.08 Å². The number of phenols is 3. The van der Waals surface area contributed by atoms with E-state index >= 15 is 0 Å². The molecule has 0 aliphatic carbocycles. The Hall–Kier alpha value is -5.15. The van der Waals surface area contributed by atoms with Crippen molar-refractivity contribution in [2.75, 3.05) is 27.9 Å². The van der Waals surface area contributed by atoms with E-state index in [2.05, 4.69) is 0 Å². The van der Waals surface area contributed by atoms with Gasteiger partial charge in [0.25, 0.3) is 0 Å². The summed E-state index contributed by atoms with van der Waals surface area (Å²) in [5.74, 6) is -0.610. The molecule has 0 aromatic heterocycles. The van der Waals surface area contributed by atoms with E-state index in [4.69, 9.17) is 33.2 Å². The van der Waals surface area contributed by atoms with Gasteiger partial charge in [0.15, 0.2) is 17.6 Å². The lowest BCUT2D eigenvalue weighted by Crippen LogP contribution is -2.59. The lowest BCUT2D eigenvalue weighted by atomic mass is 9.98. The van der Waals surface area contributed by atoms with Crippen LogP contribution in [0.2, 0.25) is 0 Å². The summed E-state index contributed by atoms with van der Waals surface area (Å²) in [5.41, 5.74) is 1.17. The molecule has 3 aromatic carbocycles. The minimum absolute atomic E-state index is 0.0204. The highest BCUT2D eigenvalue weighted by molar-refractivity contribution is 5.87. The molecule has 14 heteroatoms. The van der Waals surface area contributed by atoms with E-state index in [1.165, 1.54) is 69.9 Å². The molecule has 3 aromatic rings. The Morgan fingerprint density at radius 3 is 2.19 bits per heavy atom. The molecule has 2 aliphatic heterocycles. The first-order valence-electron chi connectivity index (χ1n) is 14.3. The molecule has 1 fully saturated rings. The highest BCUT2D eigenvalue weighted by Crippen LogP contribution is 2.47. The van der Waals surface area contributed by atoms with Crippen LogP contribution in [0, 0.1) is 0 Å². The molecule has 0 spiro atoms. The summed E-state index contributed by atoms with van der Waals surface area (Å²) in [6.07, 6.45) is -5.25. The number of benzene rings is 3. The number of ether oxygens (including phenoxy) is 7. The van der Waals surface area contributed by atoms with Gasteiger partial charge in [0.1, 0.15) is 59.8 Å². The second-order valence-electron chi connectivity index (χ2n) is 10.6. The molecule has 250 valence electrons. The molecule has 47 heavy (non-hydrogen) atoms. The van der Waals surface area contributed by atoms with Crippen LogP contribution >= 0.6 is 0 Å². The van der Waals surface area contributed by atoms with E-state index in [9.17, 15) is 35.4 Å². The Labute approximate surface area is 268 Å². The zero-order valence-corrected chi connectivity index (χ0v) is 25.5. The van der Waals surface area contributed by atoms with Gasteiger partial charge >= 0.3 is 5.97 Å². The number of hydrogen-bond acceptors (Lipinski definition) is 14. The number of carbonyl (C=O) groups is 1. The van der Waals surface area contributed by atoms with E-state index in [-0.39, 0.29) is 45.8 Å². The number of fused-ring (bicyclic) bond motifs is 1. The molecule has 0 amide bonds. The summed E-state index contributed by atoms with van der Waals surface area (Å²) in [7, 11) is 4.11. The summed E-state index contributed by atoms with van der Waals surface area (Å²) >= 11 is 0. The molecular formula is C33H34O14. The number of aromatic hydroxyl groups is 3. The third kappa shape index (κ3) is 7.15. The summed E-state index contributed by atoms with van der Waals surface area (Å²) in [6, 6.07) is 11.9. The van der Waals surface area contributed by atoms with Gasteiger partial charge in [-0.25, -0.2) is 4.79 Å². The monoisotopic (exact) mass is 654 g/mol. The maximum absolute atomic E-state index is 12.4. The third-order valence-corrected chi connectivity index (χ3v) is 7.54. The molecule has 6 atom stereocenters. The van der Waals surface area contributed by atoms with Gasteiger partial charge in [0.05, 0.1) is 26.9 Å². The van der Waals surface area contributed by atoms with E-state index in [1.54, 1.807) is 12.1 Å². The van der Waals surface area contributed by atoms with Crippen molar-refractivity contribution in [2.45, 2.75) is 36.8 Å². The SMILES string of the molecule is COc1cc(O)c2c(c1)OC(c1cc(OC)c(O)c(OC)c1)C(OC1OC(COC(=O)C=Cc3ccc(O)cc3)C(O)C(O)C1O)=C2. The molecule has 2 heterocycles. The first-order valence-corrected chi connectivity index (χ1v) is 14.3. The van der Waals surface area contributed by atoms with Crippen LogP contribution in [-0.4, -0.2) is 95.3 Å². The molecule has 6 unspecified atom stereocenters. The smallest absolute Gasteiger partial charge is 0.330 e. The maximum Gasteiger partial charge on any atom is 0.330 e. The van der Waals surface area contributed by atoms with Crippen LogP contribution in [0.5, 0.6) is 40.2 Å². The van der Waals surface area contributed by atoms with Crippen molar-refractivity contribution in [3.63, 3.8) is 0 Å². The molecule has 6 N–H and O–H groups in total. The van der Waals surface area contributed by atoms with Crippen molar-refractivity contribution >= 4 is 18.1 Å². The molecule has 1 saturated heterocycles. The molecular weight excluding hydrogens is 620 g/mol. The van der Waals surface area contributed by atoms with Gasteiger partial charge in [-0.05, 0) is 42.0 Å². The number of carbonyl (C=O) groups excluding carboxylic acids is 1. The van der Waals surface area contributed by atoms with Crippen molar-refractivity contribution in [2.24, 2.45) is 0 Å². The van der Waals surface area contributed by atoms with Gasteiger partial charge in [-0.15, -0.1) is 0 Å². The van der Waals surface area contributed by atoms with Crippen LogP contribution in [0.1, 0.15) is 22.8 Å². The normalized spacial score (nSPS) is 23.7. The highest BCUT2D eigenvalue weighted by atomic mass is 16.7. The largest absolute Gasteiger partial charge is 0.508 e. The first-order chi connectivity index (χ1) is 22.5. The Kier molecular flexibility index (Phi) is 9.96. The number of aliphatic hydroxyl groups excluding tert-OH is 3. The Bertz CT molecular complexity index is 1620. The zero-order valence-electron chi connectivity index (χ0n) is 25.5. The summed E-state index contributed by atoms with van der Waals surface area (Å²) in [5, 5.41) is 62.7. The predicted molar refractivity (Wildman–Crippen MR) is 163 cm³/mol. The maximum atomic E-state index is 12.4. The molecule has 0 saturated carbocycles. The average Bonchev–Trinajstić information content (AvgIpc) is 3.07. The summed E-state index contributed by atoms with van der Waals surface area (Å²) < 4.78 is 39.1. The van der Waals surface area contributed by atoms with Gasteiger partial charge in [0.2, 0.25) is 12.0 Å². The Balaban J connectivity index is 1.41. The van der Waals surface area contributed by atoms with Gasteiger partial charge in [0, 0.05) is 23.8 Å². The van der Waals surface area contributed by atoms with Crippen LogP contribution in [0.3, 0.4) is 0 Å². The second-order valence-corrected chi connectivity index (χ2v) is 10.6. The fraction of sp³-hybridized carbons (Fsp3) is 0.303. The first kappa shape index (κ1) is 33.2. The number of hydrogen-bond donors (Lipinski definition) is 6. The van der Waals surface area contributed by atoms with Crippen molar-refractivity contribution in [1.29, 1.82) is 0 Å². The van der Waals surface area contributed by atoms with Crippen molar-refractivity contribution in [3.8, 4) is 40.2 Å². The average molecular weight is 655 g/mol. The lowest BCUT2D eigenvalue weighted by Gasteiger charge is -2.41. The lowest BCUT2D eigenvalue weighted by molar-refractivity contribution is -0.294. The predicted octanol–water partition coefficient (Wildman–Crippen LogP) is 2.38. The number of phenolic OH excluding ortho intramolecular Hbond substituents is 3. The number of esters is 1. The minimum Gasteiger partial charge on any atom is -0.508 e. The van der Waals surface area contributed by atoms with Crippen LogP contribution in [0.4, 0.5) is 0 Å². The zero-order chi connectivity index (χ0) is 33.8. The van der Waals surface area contributed by atoms with Crippen LogP contribution in [-0.2, 0) is 19.0 Å². The van der Waals surface area contributed by atoms with Crippen molar-refractivity contribution < 1.29 is 68.6 Å². The number of methoxy groups -OCH3 is 3. The Morgan fingerprint density at radius 1 is 0.872 bits per heavy atom. The van der Waals surface area contributed by atoms with E-state index < -0.39 is 49.4 Å². The highest BCUT2D eigenvalue weighted by Gasteiger charge is 2.46.